The smallest absolute Gasteiger partial charge is 0.178 e. The molecule has 0 spiro atoms. The minimum Gasteiger partial charge on any atom is -0.355 e. The van der Waals surface area contributed by atoms with E-state index in [1.807, 2.05) is 22.7 Å². The molecule has 3 aromatic rings. The second-order valence-electron chi connectivity index (χ2n) is 6.99. The summed E-state index contributed by atoms with van der Waals surface area (Å²) in [4.78, 5) is 12.9. The van der Waals surface area contributed by atoms with Crippen molar-refractivity contribution in [1.82, 2.24) is 29.8 Å². The number of fused-ring (bicyclic) bond motifs is 1. The van der Waals surface area contributed by atoms with E-state index < -0.39 is 0 Å². The predicted molar refractivity (Wildman–Crippen MR) is 98.5 cm³/mol. The Morgan fingerprint density at radius 1 is 0.926 bits per heavy atom. The van der Waals surface area contributed by atoms with Crippen LogP contribution in [0.25, 0.3) is 5.65 Å². The van der Waals surface area contributed by atoms with Crippen LogP contribution in [0.5, 0.6) is 0 Å². The van der Waals surface area contributed by atoms with Crippen molar-refractivity contribution < 1.29 is 0 Å². The van der Waals surface area contributed by atoms with Gasteiger partial charge in [-0.3, -0.25) is 0 Å². The van der Waals surface area contributed by atoms with Crippen LogP contribution in [0.15, 0.2) is 24.5 Å². The van der Waals surface area contributed by atoms with E-state index >= 15 is 0 Å². The highest BCUT2D eigenvalue weighted by molar-refractivity contribution is 5.47. The van der Waals surface area contributed by atoms with E-state index in [2.05, 4.69) is 30.0 Å². The minimum atomic E-state index is 0.321. The molecule has 5 heterocycles. The number of anilines is 2. The largest absolute Gasteiger partial charge is 0.355 e. The molecule has 2 saturated heterocycles. The van der Waals surface area contributed by atoms with Crippen molar-refractivity contribution >= 4 is 17.3 Å². The topological polar surface area (TPSA) is 99.1 Å². The molecule has 2 fully saturated rings. The molecule has 5 rings (SSSR count). The van der Waals surface area contributed by atoms with Crippen LogP contribution in [0.1, 0.15) is 36.7 Å². The van der Waals surface area contributed by atoms with Gasteiger partial charge in [-0.2, -0.15) is 9.78 Å². The predicted octanol–water partition coefficient (Wildman–Crippen LogP) is 1.38. The third-order valence-electron chi connectivity index (χ3n) is 5.39. The first-order valence-electron chi connectivity index (χ1n) is 9.26. The van der Waals surface area contributed by atoms with Crippen LogP contribution >= 0.6 is 0 Å². The second kappa shape index (κ2) is 6.46. The molecule has 136 valence electrons. The Balaban J connectivity index is 1.33. The third kappa shape index (κ3) is 2.83. The molecule has 9 nitrogen and oxygen atoms in total. The number of rotatable bonds is 3. The van der Waals surface area contributed by atoms with Gasteiger partial charge >= 0.3 is 0 Å². The Labute approximate surface area is 156 Å². The van der Waals surface area contributed by atoms with E-state index in [4.69, 9.17) is 10.4 Å². The van der Waals surface area contributed by atoms with Crippen molar-refractivity contribution in [3.63, 3.8) is 0 Å². The summed E-state index contributed by atoms with van der Waals surface area (Å²) in [5, 5.41) is 22.4. The molecule has 0 unspecified atom stereocenters. The number of nitriles is 1. The molecule has 0 N–H and O–H groups in total. The van der Waals surface area contributed by atoms with Crippen LogP contribution in [0.4, 0.5) is 11.6 Å². The minimum absolute atomic E-state index is 0.321. The fourth-order valence-corrected chi connectivity index (χ4v) is 3.67. The third-order valence-corrected chi connectivity index (χ3v) is 5.39. The summed E-state index contributed by atoms with van der Waals surface area (Å²) in [6, 6.07) is 6.03. The van der Waals surface area contributed by atoms with Gasteiger partial charge < -0.3 is 9.80 Å². The fourth-order valence-electron chi connectivity index (χ4n) is 3.67. The van der Waals surface area contributed by atoms with Gasteiger partial charge in [0.15, 0.2) is 17.2 Å². The summed E-state index contributed by atoms with van der Waals surface area (Å²) in [6.07, 6.45) is 6.34. The number of nitrogens with zero attached hydrogens (tertiary/aromatic N) is 9. The first-order chi connectivity index (χ1) is 13.3. The van der Waals surface area contributed by atoms with Crippen LogP contribution in [-0.4, -0.2) is 56.0 Å². The van der Waals surface area contributed by atoms with Crippen molar-refractivity contribution in [3.05, 3.63) is 36.0 Å². The summed E-state index contributed by atoms with van der Waals surface area (Å²) >= 11 is 0. The van der Waals surface area contributed by atoms with Gasteiger partial charge in [0.25, 0.3) is 0 Å². The summed E-state index contributed by atoms with van der Waals surface area (Å²) < 4.78 is 1.91. The molecule has 0 radical (unpaired) electrons. The zero-order valence-corrected chi connectivity index (χ0v) is 14.9. The van der Waals surface area contributed by atoms with Crippen LogP contribution in [0.3, 0.4) is 0 Å². The van der Waals surface area contributed by atoms with Crippen LogP contribution < -0.4 is 9.80 Å². The Bertz CT molecular complexity index is 992. The lowest BCUT2D eigenvalue weighted by molar-refractivity contribution is 0.474. The molecule has 9 heteroatoms. The van der Waals surface area contributed by atoms with Crippen molar-refractivity contribution in [2.75, 3.05) is 36.0 Å². The maximum absolute atomic E-state index is 8.85. The number of hydrogen-bond donors (Lipinski definition) is 0. The molecule has 2 aliphatic rings. The highest BCUT2D eigenvalue weighted by atomic mass is 15.4. The van der Waals surface area contributed by atoms with E-state index in [1.165, 1.54) is 12.6 Å². The molecule has 0 aliphatic carbocycles. The van der Waals surface area contributed by atoms with Crippen molar-refractivity contribution in [2.24, 2.45) is 0 Å². The van der Waals surface area contributed by atoms with Gasteiger partial charge in [-0.1, -0.05) is 0 Å². The first-order valence-corrected chi connectivity index (χ1v) is 9.26. The molecule has 0 bridgehead atoms. The maximum atomic E-state index is 8.85. The average molecular weight is 361 g/mol. The molecule has 0 amide bonds. The van der Waals surface area contributed by atoms with E-state index in [-0.39, 0.29) is 0 Å². The van der Waals surface area contributed by atoms with Crippen molar-refractivity contribution in [3.8, 4) is 6.07 Å². The SMILES string of the molecule is N#Cc1cnc(N2CCC(c3nnc4ccc(N5CCC5)nn34)CC2)cn1. The van der Waals surface area contributed by atoms with Gasteiger partial charge in [-0.25, -0.2) is 9.97 Å². The summed E-state index contributed by atoms with van der Waals surface area (Å²) in [7, 11) is 0. The standard InChI is InChI=1S/C18H19N9/c19-10-14-11-21-17(12-20-14)26-8-4-13(5-9-26)18-23-22-15-2-3-16(24-27(15)18)25-6-1-7-25/h2-3,11-13H,1,4-9H2. The zero-order chi connectivity index (χ0) is 18.2. The lowest BCUT2D eigenvalue weighted by atomic mass is 9.96. The molecular weight excluding hydrogens is 342 g/mol. The Morgan fingerprint density at radius 3 is 2.41 bits per heavy atom. The zero-order valence-electron chi connectivity index (χ0n) is 14.9. The van der Waals surface area contributed by atoms with Crippen molar-refractivity contribution in [1.29, 1.82) is 5.26 Å². The van der Waals surface area contributed by atoms with Gasteiger partial charge in [-0.15, -0.1) is 15.3 Å². The van der Waals surface area contributed by atoms with Crippen LogP contribution in [0.2, 0.25) is 0 Å². The highest BCUT2D eigenvalue weighted by Crippen LogP contribution is 2.29. The van der Waals surface area contributed by atoms with E-state index in [0.29, 0.717) is 11.6 Å². The lowest BCUT2D eigenvalue weighted by Crippen LogP contribution is -2.38. The van der Waals surface area contributed by atoms with Gasteiger partial charge in [0, 0.05) is 32.1 Å². The fraction of sp³-hybridized carbons (Fsp3) is 0.444. The molecule has 2 aliphatic heterocycles. The Kier molecular flexibility index (Phi) is 3.81. The number of piperidine rings is 1. The molecule has 0 aromatic carbocycles. The lowest BCUT2D eigenvalue weighted by Gasteiger charge is -2.32. The molecule has 0 saturated carbocycles. The van der Waals surface area contributed by atoms with Gasteiger partial charge in [0.1, 0.15) is 17.7 Å². The normalized spacial score (nSPS) is 17.7. The first kappa shape index (κ1) is 15.9. The Hall–Kier alpha value is -3.28. The summed E-state index contributed by atoms with van der Waals surface area (Å²) in [5.74, 6) is 3.08. The summed E-state index contributed by atoms with van der Waals surface area (Å²) in [6.45, 7) is 3.87. The monoisotopic (exact) mass is 361 g/mol. The van der Waals surface area contributed by atoms with Crippen LogP contribution in [-0.2, 0) is 0 Å². The van der Waals surface area contributed by atoms with Crippen LogP contribution in [0, 0.1) is 11.3 Å². The van der Waals surface area contributed by atoms with Gasteiger partial charge in [0.2, 0.25) is 0 Å². The van der Waals surface area contributed by atoms with Crippen molar-refractivity contribution in [2.45, 2.75) is 25.2 Å². The summed E-state index contributed by atoms with van der Waals surface area (Å²) in [5.41, 5.74) is 1.14. The Morgan fingerprint density at radius 2 is 1.74 bits per heavy atom. The van der Waals surface area contributed by atoms with E-state index in [9.17, 15) is 0 Å². The second-order valence-corrected chi connectivity index (χ2v) is 6.99. The number of hydrogen-bond acceptors (Lipinski definition) is 8. The van der Waals surface area contributed by atoms with E-state index in [0.717, 1.165) is 62.1 Å². The number of aromatic nitrogens is 6. The maximum Gasteiger partial charge on any atom is 0.178 e. The van der Waals surface area contributed by atoms with Gasteiger partial charge in [0.05, 0.1) is 12.4 Å². The average Bonchev–Trinajstić information content (AvgIpc) is 3.10. The molecule has 0 atom stereocenters. The van der Waals surface area contributed by atoms with E-state index in [1.54, 1.807) is 6.20 Å². The highest BCUT2D eigenvalue weighted by Gasteiger charge is 2.26. The molecular formula is C18H19N9. The quantitative estimate of drug-likeness (QED) is 0.690. The molecule has 3 aromatic heterocycles. The molecule has 27 heavy (non-hydrogen) atoms. The van der Waals surface area contributed by atoms with Gasteiger partial charge in [-0.05, 0) is 31.4 Å².